The summed E-state index contributed by atoms with van der Waals surface area (Å²) in [5, 5.41) is 4.04. The highest BCUT2D eigenvalue weighted by Gasteiger charge is 2.10. The molecule has 188 valence electrons. The minimum Gasteiger partial charge on any atom is -0.494 e. The number of rotatable bonds is 9. The predicted molar refractivity (Wildman–Crippen MR) is 144 cm³/mol. The van der Waals surface area contributed by atoms with E-state index in [9.17, 15) is 9.59 Å². The van der Waals surface area contributed by atoms with Crippen LogP contribution in [0.1, 0.15) is 51.0 Å². The van der Waals surface area contributed by atoms with Gasteiger partial charge in [-0.3, -0.25) is 4.79 Å². The van der Waals surface area contributed by atoms with E-state index in [-0.39, 0.29) is 5.91 Å². The van der Waals surface area contributed by atoms with E-state index >= 15 is 0 Å². The van der Waals surface area contributed by atoms with Gasteiger partial charge in [-0.1, -0.05) is 6.92 Å². The number of hydrogen-bond donors (Lipinski definition) is 1. The average Bonchev–Trinajstić information content (AvgIpc) is 3.26. The van der Waals surface area contributed by atoms with Crippen molar-refractivity contribution >= 4 is 18.1 Å². The van der Waals surface area contributed by atoms with Crippen molar-refractivity contribution in [1.29, 1.82) is 0 Å². The molecule has 0 aliphatic rings. The predicted octanol–water partition coefficient (Wildman–Crippen LogP) is 5.87. The van der Waals surface area contributed by atoms with Crippen LogP contribution >= 0.6 is 0 Å². The zero-order valence-electron chi connectivity index (χ0n) is 21.1. The van der Waals surface area contributed by atoms with E-state index in [0.29, 0.717) is 29.2 Å². The molecule has 0 aliphatic heterocycles. The van der Waals surface area contributed by atoms with Crippen LogP contribution in [0, 0.1) is 13.8 Å². The van der Waals surface area contributed by atoms with Crippen LogP contribution < -0.4 is 14.9 Å². The third-order valence-electron chi connectivity index (χ3n) is 5.69. The van der Waals surface area contributed by atoms with Gasteiger partial charge in [0.15, 0.2) is 0 Å². The maximum atomic E-state index is 12.5. The maximum Gasteiger partial charge on any atom is 0.343 e. The number of hydrazone groups is 1. The Hall–Kier alpha value is -4.65. The van der Waals surface area contributed by atoms with Gasteiger partial charge in [-0.05, 0) is 111 Å². The van der Waals surface area contributed by atoms with Gasteiger partial charge >= 0.3 is 5.97 Å². The van der Waals surface area contributed by atoms with Crippen molar-refractivity contribution in [2.75, 3.05) is 6.61 Å². The van der Waals surface area contributed by atoms with E-state index in [1.807, 2.05) is 32.9 Å². The lowest BCUT2D eigenvalue weighted by Crippen LogP contribution is -2.17. The second kappa shape index (κ2) is 11.9. The molecule has 0 spiro atoms. The Bertz CT molecular complexity index is 1370. The lowest BCUT2D eigenvalue weighted by molar-refractivity contribution is 0.0734. The first-order chi connectivity index (χ1) is 17.9. The Labute approximate surface area is 216 Å². The Balaban J connectivity index is 1.29. The molecule has 0 aliphatic carbocycles. The summed E-state index contributed by atoms with van der Waals surface area (Å²) in [5.74, 6) is 0.364. The van der Waals surface area contributed by atoms with Gasteiger partial charge in [0.05, 0.1) is 18.4 Å². The van der Waals surface area contributed by atoms with Crippen LogP contribution in [0.5, 0.6) is 11.5 Å². The summed E-state index contributed by atoms with van der Waals surface area (Å²) in [6.07, 6.45) is 2.44. The van der Waals surface area contributed by atoms with Gasteiger partial charge in [0.2, 0.25) is 0 Å². The first kappa shape index (κ1) is 25.4. The summed E-state index contributed by atoms with van der Waals surface area (Å²) < 4.78 is 13.1. The molecule has 0 unspecified atom stereocenters. The second-order valence-electron chi connectivity index (χ2n) is 8.53. The highest BCUT2D eigenvalue weighted by atomic mass is 16.5. The molecular formula is C30H29N3O4. The lowest BCUT2D eigenvalue weighted by atomic mass is 10.2. The number of aromatic nitrogens is 1. The molecule has 1 amide bonds. The molecule has 1 aromatic heterocycles. The van der Waals surface area contributed by atoms with Gasteiger partial charge in [-0.15, -0.1) is 0 Å². The number of esters is 1. The van der Waals surface area contributed by atoms with Gasteiger partial charge < -0.3 is 14.0 Å². The van der Waals surface area contributed by atoms with E-state index in [1.165, 1.54) is 6.21 Å². The zero-order chi connectivity index (χ0) is 26.2. The average molecular weight is 496 g/mol. The van der Waals surface area contributed by atoms with Crippen molar-refractivity contribution in [2.24, 2.45) is 5.10 Å². The number of carbonyl (C=O) groups excluding carboxylic acids is 2. The van der Waals surface area contributed by atoms with E-state index in [2.05, 4.69) is 27.2 Å². The molecule has 0 saturated carbocycles. The van der Waals surface area contributed by atoms with Gasteiger partial charge in [0.1, 0.15) is 11.5 Å². The third kappa shape index (κ3) is 6.52. The Kier molecular flexibility index (Phi) is 8.15. The summed E-state index contributed by atoms with van der Waals surface area (Å²) in [6.45, 7) is 6.75. The Morgan fingerprint density at radius 2 is 1.41 bits per heavy atom. The first-order valence-electron chi connectivity index (χ1n) is 12.1. The van der Waals surface area contributed by atoms with Gasteiger partial charge in [-0.25, -0.2) is 10.2 Å². The van der Waals surface area contributed by atoms with Crippen LogP contribution in [-0.2, 0) is 0 Å². The van der Waals surface area contributed by atoms with Crippen molar-refractivity contribution in [3.8, 4) is 17.2 Å². The summed E-state index contributed by atoms with van der Waals surface area (Å²) in [7, 11) is 0. The summed E-state index contributed by atoms with van der Waals surface area (Å²) in [6, 6.07) is 25.2. The number of amides is 1. The molecule has 7 nitrogen and oxygen atoms in total. The number of ether oxygens (including phenoxy) is 2. The molecule has 4 aromatic rings. The van der Waals surface area contributed by atoms with E-state index < -0.39 is 5.97 Å². The molecule has 0 atom stereocenters. The number of aryl methyl sites for hydroxylation is 2. The van der Waals surface area contributed by atoms with E-state index in [0.717, 1.165) is 29.1 Å². The normalized spacial score (nSPS) is 10.9. The summed E-state index contributed by atoms with van der Waals surface area (Å²) in [5.41, 5.74) is 7.49. The minimum absolute atomic E-state index is 0.305. The molecule has 0 fully saturated rings. The number of nitrogens with one attached hydrogen (secondary N) is 1. The van der Waals surface area contributed by atoms with E-state index in [1.54, 1.807) is 60.7 Å². The smallest absolute Gasteiger partial charge is 0.343 e. The Morgan fingerprint density at radius 3 is 2.03 bits per heavy atom. The van der Waals surface area contributed by atoms with Crippen molar-refractivity contribution < 1.29 is 19.1 Å². The van der Waals surface area contributed by atoms with Crippen LogP contribution in [0.3, 0.4) is 0 Å². The quantitative estimate of drug-likeness (QED) is 0.136. The van der Waals surface area contributed by atoms with Crippen molar-refractivity contribution in [3.63, 3.8) is 0 Å². The molecule has 37 heavy (non-hydrogen) atoms. The monoisotopic (exact) mass is 495 g/mol. The highest BCUT2D eigenvalue weighted by molar-refractivity contribution is 5.95. The topological polar surface area (TPSA) is 81.9 Å². The van der Waals surface area contributed by atoms with Crippen molar-refractivity contribution in [2.45, 2.75) is 27.2 Å². The van der Waals surface area contributed by atoms with Crippen molar-refractivity contribution in [1.82, 2.24) is 9.99 Å². The molecule has 1 N–H and O–H groups in total. The Morgan fingerprint density at radius 1 is 0.811 bits per heavy atom. The molecule has 0 saturated heterocycles. The standard InChI is InChI=1S/C30H29N3O4/c1-4-19-36-27-17-11-25(12-18-27)30(35)37-28-15-7-23(8-16-28)20-31-32-29(34)24-9-13-26(14-10-24)33-21(2)5-6-22(33)3/h5-18,20H,4,19H2,1-3H3,(H,32,34)/b31-20+. The number of carbonyl (C=O) groups is 2. The van der Waals surface area contributed by atoms with E-state index in [4.69, 9.17) is 9.47 Å². The fraction of sp³-hybridized carbons (Fsp3) is 0.167. The summed E-state index contributed by atoms with van der Waals surface area (Å²) >= 11 is 0. The van der Waals surface area contributed by atoms with Crippen molar-refractivity contribution in [3.05, 3.63) is 113 Å². The van der Waals surface area contributed by atoms with Crippen LogP contribution in [0.25, 0.3) is 5.69 Å². The maximum absolute atomic E-state index is 12.5. The fourth-order valence-corrected chi connectivity index (χ4v) is 3.76. The molecule has 0 bridgehead atoms. The lowest BCUT2D eigenvalue weighted by Gasteiger charge is -2.10. The molecule has 1 heterocycles. The fourth-order valence-electron chi connectivity index (χ4n) is 3.76. The van der Waals surface area contributed by atoms with Gasteiger partial charge in [0.25, 0.3) is 5.91 Å². The SMILES string of the molecule is CCCOc1ccc(C(=O)Oc2ccc(/C=N/NC(=O)c3ccc(-n4c(C)ccc4C)cc3)cc2)cc1. The molecule has 3 aromatic carbocycles. The molecule has 7 heteroatoms. The molecule has 4 rings (SSSR count). The number of benzene rings is 3. The van der Waals surface area contributed by atoms with Gasteiger partial charge in [-0.2, -0.15) is 5.10 Å². The van der Waals surface area contributed by atoms with Crippen LogP contribution in [0.4, 0.5) is 0 Å². The molecular weight excluding hydrogens is 466 g/mol. The first-order valence-corrected chi connectivity index (χ1v) is 12.1. The largest absolute Gasteiger partial charge is 0.494 e. The molecule has 0 radical (unpaired) electrons. The third-order valence-corrected chi connectivity index (χ3v) is 5.69. The number of hydrogen-bond acceptors (Lipinski definition) is 5. The zero-order valence-corrected chi connectivity index (χ0v) is 21.1. The summed E-state index contributed by atoms with van der Waals surface area (Å²) in [4.78, 5) is 24.8. The van der Waals surface area contributed by atoms with Crippen LogP contribution in [0.2, 0.25) is 0 Å². The minimum atomic E-state index is -0.455. The highest BCUT2D eigenvalue weighted by Crippen LogP contribution is 2.18. The second-order valence-corrected chi connectivity index (χ2v) is 8.53. The van der Waals surface area contributed by atoms with Crippen LogP contribution in [0.15, 0.2) is 90.0 Å². The van der Waals surface area contributed by atoms with Gasteiger partial charge in [0, 0.05) is 22.6 Å². The van der Waals surface area contributed by atoms with Crippen LogP contribution in [-0.4, -0.2) is 29.3 Å². The number of nitrogens with zero attached hydrogens (tertiary/aromatic N) is 2.